The molecular formula is C13H15FN2O3. The average Bonchev–Trinajstić information content (AvgIpc) is 2.71. The lowest BCUT2D eigenvalue weighted by molar-refractivity contribution is -0.132. The summed E-state index contributed by atoms with van der Waals surface area (Å²) in [5.41, 5.74) is 0.568. The maximum absolute atomic E-state index is 13.2. The number of likely N-dealkylation sites (N-methyl/N-ethyl adjacent to an activating group) is 1. The van der Waals surface area contributed by atoms with Crippen molar-refractivity contribution in [2.45, 2.75) is 19.4 Å². The van der Waals surface area contributed by atoms with E-state index < -0.39 is 11.9 Å². The lowest BCUT2D eigenvalue weighted by atomic mass is 10.1. The highest BCUT2D eigenvalue weighted by atomic mass is 19.1. The molecule has 19 heavy (non-hydrogen) atoms. The zero-order valence-electron chi connectivity index (χ0n) is 10.8. The molecule has 1 aromatic rings. The van der Waals surface area contributed by atoms with Crippen molar-refractivity contribution >= 4 is 11.6 Å². The fourth-order valence-corrected chi connectivity index (χ4v) is 1.99. The van der Waals surface area contributed by atoms with Gasteiger partial charge in [0.25, 0.3) is 5.91 Å². The Bertz CT molecular complexity index is 531. The van der Waals surface area contributed by atoms with E-state index >= 15 is 0 Å². The van der Waals surface area contributed by atoms with Crippen LogP contribution in [-0.2, 0) is 4.79 Å². The Balaban J connectivity index is 2.28. The molecule has 0 aliphatic carbocycles. The summed E-state index contributed by atoms with van der Waals surface area (Å²) in [6, 6.07) is 3.89. The number of hydrogen-bond acceptors (Lipinski definition) is 4. The predicted octanol–water partition coefficient (Wildman–Crippen LogP) is 1.63. The monoisotopic (exact) mass is 266 g/mol. The van der Waals surface area contributed by atoms with Gasteiger partial charge in [-0.3, -0.25) is 4.79 Å². The third-order valence-electron chi connectivity index (χ3n) is 3.13. The molecule has 1 fully saturated rings. The quantitative estimate of drug-likeness (QED) is 0.514. The lowest BCUT2D eigenvalue weighted by Gasteiger charge is -2.15. The number of rotatable bonds is 3. The van der Waals surface area contributed by atoms with Gasteiger partial charge < -0.3 is 14.8 Å². The van der Waals surface area contributed by atoms with Crippen molar-refractivity contribution in [1.29, 1.82) is 0 Å². The first-order chi connectivity index (χ1) is 9.02. The van der Waals surface area contributed by atoms with Gasteiger partial charge in [0, 0.05) is 25.6 Å². The van der Waals surface area contributed by atoms with E-state index in [9.17, 15) is 9.18 Å². The molecule has 1 unspecified atom stereocenters. The molecule has 5 nitrogen and oxygen atoms in total. The largest absolute Gasteiger partial charge is 0.480 e. The first kappa shape index (κ1) is 13.3. The molecule has 0 spiro atoms. The lowest BCUT2D eigenvalue weighted by Crippen LogP contribution is -2.29. The number of benzene rings is 1. The van der Waals surface area contributed by atoms with Gasteiger partial charge in [0.1, 0.15) is 11.6 Å². The Kier molecular flexibility index (Phi) is 3.69. The number of amides is 1. The molecular weight excluding hydrogens is 251 g/mol. The molecule has 0 aromatic heterocycles. The second-order valence-electron chi connectivity index (χ2n) is 4.48. The Morgan fingerprint density at radius 1 is 1.58 bits per heavy atom. The Morgan fingerprint density at radius 3 is 2.89 bits per heavy atom. The van der Waals surface area contributed by atoms with E-state index in [1.807, 2.05) is 0 Å². The number of hydrogen-bond donors (Lipinski definition) is 1. The summed E-state index contributed by atoms with van der Waals surface area (Å²) in [6.45, 7) is 2.16. The second kappa shape index (κ2) is 5.26. The van der Waals surface area contributed by atoms with Crippen LogP contribution in [0.15, 0.2) is 23.4 Å². The molecule has 1 aliphatic heterocycles. The van der Waals surface area contributed by atoms with Crippen LogP contribution in [0.25, 0.3) is 0 Å². The molecule has 2 rings (SSSR count). The summed E-state index contributed by atoms with van der Waals surface area (Å²) in [4.78, 5) is 13.4. The SMILES string of the molecule is CC(=NO)c1cc(F)ccc1OC1CCN(C)C1=O. The van der Waals surface area contributed by atoms with E-state index in [0.717, 1.165) is 0 Å². The standard InChI is InChI=1S/C13H15FN2O3/c1-8(15-18)10-7-9(14)3-4-11(10)19-12-5-6-16(2)13(12)17/h3-4,7,12,18H,5-6H2,1-2H3. The van der Waals surface area contributed by atoms with Gasteiger partial charge >= 0.3 is 0 Å². The molecule has 102 valence electrons. The number of nitrogens with zero attached hydrogens (tertiary/aromatic N) is 2. The molecule has 0 radical (unpaired) electrons. The smallest absolute Gasteiger partial charge is 0.263 e. The molecule has 1 heterocycles. The van der Waals surface area contributed by atoms with Crippen molar-refractivity contribution in [2.75, 3.05) is 13.6 Å². The van der Waals surface area contributed by atoms with Gasteiger partial charge in [-0.15, -0.1) is 0 Å². The van der Waals surface area contributed by atoms with Crippen LogP contribution in [0.3, 0.4) is 0 Å². The van der Waals surface area contributed by atoms with E-state index in [1.165, 1.54) is 25.1 Å². The van der Waals surface area contributed by atoms with Crippen LogP contribution in [0.2, 0.25) is 0 Å². The topological polar surface area (TPSA) is 62.1 Å². The van der Waals surface area contributed by atoms with Crippen molar-refractivity contribution in [3.63, 3.8) is 0 Å². The summed E-state index contributed by atoms with van der Waals surface area (Å²) in [6.07, 6.45) is 0.0160. The fraction of sp³-hybridized carbons (Fsp3) is 0.385. The summed E-state index contributed by atoms with van der Waals surface area (Å²) in [5.74, 6) is -0.223. The number of oxime groups is 1. The van der Waals surface area contributed by atoms with Gasteiger partial charge in [0.2, 0.25) is 0 Å². The Labute approximate surface area is 110 Å². The van der Waals surface area contributed by atoms with Gasteiger partial charge in [-0.05, 0) is 25.1 Å². The number of ether oxygens (including phenoxy) is 1. The maximum Gasteiger partial charge on any atom is 0.263 e. The highest BCUT2D eigenvalue weighted by Crippen LogP contribution is 2.24. The van der Waals surface area contributed by atoms with E-state index in [2.05, 4.69) is 5.16 Å². The van der Waals surface area contributed by atoms with Crippen LogP contribution in [0.1, 0.15) is 18.9 Å². The molecule has 1 saturated heterocycles. The third kappa shape index (κ3) is 2.67. The van der Waals surface area contributed by atoms with Gasteiger partial charge in [0.15, 0.2) is 6.10 Å². The van der Waals surface area contributed by atoms with E-state index in [4.69, 9.17) is 9.94 Å². The molecule has 1 aliphatic rings. The molecule has 1 atom stereocenters. The van der Waals surface area contributed by atoms with Gasteiger partial charge in [-0.2, -0.15) is 0 Å². The maximum atomic E-state index is 13.2. The molecule has 1 amide bonds. The molecule has 1 aromatic carbocycles. The van der Waals surface area contributed by atoms with Gasteiger partial charge in [0.05, 0.1) is 5.71 Å². The Hall–Kier alpha value is -2.11. The van der Waals surface area contributed by atoms with Crippen molar-refractivity contribution < 1.29 is 19.1 Å². The predicted molar refractivity (Wildman–Crippen MR) is 67.1 cm³/mol. The summed E-state index contributed by atoms with van der Waals surface area (Å²) in [5, 5.41) is 11.8. The van der Waals surface area contributed by atoms with Crippen LogP contribution in [0.4, 0.5) is 4.39 Å². The number of likely N-dealkylation sites (tertiary alicyclic amines) is 1. The van der Waals surface area contributed by atoms with E-state index in [-0.39, 0.29) is 11.6 Å². The van der Waals surface area contributed by atoms with Crippen LogP contribution in [-0.4, -0.2) is 41.4 Å². The van der Waals surface area contributed by atoms with Crippen LogP contribution in [0, 0.1) is 5.82 Å². The number of carbonyl (C=O) groups is 1. The van der Waals surface area contributed by atoms with Crippen molar-refractivity contribution in [1.82, 2.24) is 4.90 Å². The second-order valence-corrected chi connectivity index (χ2v) is 4.48. The van der Waals surface area contributed by atoms with Crippen LogP contribution in [0.5, 0.6) is 5.75 Å². The molecule has 0 saturated carbocycles. The Morgan fingerprint density at radius 2 is 2.32 bits per heavy atom. The van der Waals surface area contributed by atoms with Gasteiger partial charge in [-0.25, -0.2) is 4.39 Å². The normalized spacial score (nSPS) is 19.9. The fourth-order valence-electron chi connectivity index (χ4n) is 1.99. The highest BCUT2D eigenvalue weighted by molar-refractivity contribution is 6.00. The van der Waals surface area contributed by atoms with Crippen LogP contribution < -0.4 is 4.74 Å². The number of carbonyl (C=O) groups excluding carboxylic acids is 1. The van der Waals surface area contributed by atoms with Gasteiger partial charge in [-0.1, -0.05) is 5.16 Å². The first-order valence-electron chi connectivity index (χ1n) is 5.93. The van der Waals surface area contributed by atoms with Crippen molar-refractivity contribution in [2.24, 2.45) is 5.16 Å². The van der Waals surface area contributed by atoms with E-state index in [0.29, 0.717) is 24.3 Å². The van der Waals surface area contributed by atoms with E-state index in [1.54, 1.807) is 11.9 Å². The molecule has 1 N–H and O–H groups in total. The van der Waals surface area contributed by atoms with Crippen LogP contribution >= 0.6 is 0 Å². The minimum Gasteiger partial charge on any atom is -0.480 e. The minimum absolute atomic E-state index is 0.103. The zero-order chi connectivity index (χ0) is 14.0. The number of halogens is 1. The third-order valence-corrected chi connectivity index (χ3v) is 3.13. The van der Waals surface area contributed by atoms with Crippen molar-refractivity contribution in [3.05, 3.63) is 29.6 Å². The molecule has 6 heteroatoms. The summed E-state index contributed by atoms with van der Waals surface area (Å²) >= 11 is 0. The highest BCUT2D eigenvalue weighted by Gasteiger charge is 2.31. The first-order valence-corrected chi connectivity index (χ1v) is 5.93. The average molecular weight is 266 g/mol. The summed E-state index contributed by atoms with van der Waals surface area (Å²) < 4.78 is 18.8. The summed E-state index contributed by atoms with van der Waals surface area (Å²) in [7, 11) is 1.71. The van der Waals surface area contributed by atoms with Crippen molar-refractivity contribution in [3.8, 4) is 5.75 Å². The minimum atomic E-state index is -0.569. The zero-order valence-corrected chi connectivity index (χ0v) is 10.8. The molecule has 0 bridgehead atoms.